The summed E-state index contributed by atoms with van der Waals surface area (Å²) in [4.78, 5) is 13.0. The first-order chi connectivity index (χ1) is 14.1. The van der Waals surface area contributed by atoms with Crippen molar-refractivity contribution < 1.29 is 13.2 Å². The zero-order valence-electron chi connectivity index (χ0n) is 17.6. The van der Waals surface area contributed by atoms with E-state index in [4.69, 9.17) is 0 Å². The average Bonchev–Trinajstić information content (AvgIpc) is 2.65. The fraction of sp³-hybridized carbons (Fsp3) is 0.208. The van der Waals surface area contributed by atoms with Crippen LogP contribution in [0.25, 0.3) is 0 Å². The molecule has 0 saturated carbocycles. The van der Waals surface area contributed by atoms with Gasteiger partial charge in [0, 0.05) is 5.69 Å². The Morgan fingerprint density at radius 3 is 2.03 bits per heavy atom. The third kappa shape index (κ3) is 5.07. The van der Waals surface area contributed by atoms with E-state index in [-0.39, 0.29) is 11.4 Å². The normalized spacial score (nSPS) is 11.2. The topological polar surface area (TPSA) is 66.5 Å². The van der Waals surface area contributed by atoms with Crippen LogP contribution < -0.4 is 9.62 Å². The quantitative estimate of drug-likeness (QED) is 0.623. The molecular formula is C24H26N2O3S. The second-order valence-electron chi connectivity index (χ2n) is 7.59. The van der Waals surface area contributed by atoms with E-state index in [9.17, 15) is 13.2 Å². The predicted octanol–water partition coefficient (Wildman–Crippen LogP) is 4.75. The first-order valence-corrected chi connectivity index (χ1v) is 11.1. The van der Waals surface area contributed by atoms with Crippen molar-refractivity contribution in [2.75, 3.05) is 16.2 Å². The molecular weight excluding hydrogens is 396 g/mol. The van der Waals surface area contributed by atoms with Crippen LogP contribution in [-0.4, -0.2) is 20.9 Å². The van der Waals surface area contributed by atoms with Gasteiger partial charge in [0.25, 0.3) is 10.0 Å². The SMILES string of the molecule is Cc1ccc(S(=O)(=O)N(CC(=O)Nc2cc(C)cc(C)c2)c2cccc(C)c2)cc1. The Morgan fingerprint density at radius 1 is 0.800 bits per heavy atom. The Hall–Kier alpha value is -3.12. The molecule has 0 unspecified atom stereocenters. The average molecular weight is 423 g/mol. The number of sulfonamides is 1. The molecule has 6 heteroatoms. The number of amides is 1. The standard InChI is InChI=1S/C24H26N2O3S/c1-17-8-10-23(11-9-17)30(28,29)26(22-7-5-6-18(2)15-22)16-24(27)25-21-13-19(3)12-20(4)14-21/h5-15H,16H2,1-4H3,(H,25,27). The number of rotatable bonds is 6. The van der Waals surface area contributed by atoms with Gasteiger partial charge in [0.2, 0.25) is 5.91 Å². The molecule has 1 N–H and O–H groups in total. The number of benzene rings is 3. The lowest BCUT2D eigenvalue weighted by atomic mass is 10.1. The molecule has 1 amide bonds. The van der Waals surface area contributed by atoms with E-state index in [0.717, 1.165) is 26.6 Å². The van der Waals surface area contributed by atoms with Crippen LogP contribution in [0.2, 0.25) is 0 Å². The zero-order chi connectivity index (χ0) is 21.9. The molecule has 0 bridgehead atoms. The highest BCUT2D eigenvalue weighted by Gasteiger charge is 2.27. The fourth-order valence-corrected chi connectivity index (χ4v) is 4.73. The second-order valence-corrected chi connectivity index (χ2v) is 9.45. The summed E-state index contributed by atoms with van der Waals surface area (Å²) in [6.45, 7) is 7.35. The lowest BCUT2D eigenvalue weighted by Crippen LogP contribution is -2.38. The van der Waals surface area contributed by atoms with Crippen LogP contribution >= 0.6 is 0 Å². The molecule has 0 fully saturated rings. The molecule has 3 aromatic carbocycles. The van der Waals surface area contributed by atoms with Crippen molar-refractivity contribution in [2.24, 2.45) is 0 Å². The summed E-state index contributed by atoms with van der Waals surface area (Å²) >= 11 is 0. The molecule has 0 heterocycles. The first-order valence-electron chi connectivity index (χ1n) is 9.69. The van der Waals surface area contributed by atoms with Crippen LogP contribution in [0.1, 0.15) is 22.3 Å². The van der Waals surface area contributed by atoms with Gasteiger partial charge in [-0.1, -0.05) is 35.9 Å². The molecule has 0 spiro atoms. The molecule has 30 heavy (non-hydrogen) atoms. The third-order valence-electron chi connectivity index (χ3n) is 4.69. The number of nitrogens with one attached hydrogen (secondary N) is 1. The van der Waals surface area contributed by atoms with Crippen LogP contribution in [-0.2, 0) is 14.8 Å². The summed E-state index contributed by atoms with van der Waals surface area (Å²) in [6.07, 6.45) is 0. The molecule has 156 valence electrons. The highest BCUT2D eigenvalue weighted by Crippen LogP contribution is 2.25. The third-order valence-corrected chi connectivity index (χ3v) is 6.48. The number of carbonyl (C=O) groups excluding carboxylic acids is 1. The van der Waals surface area contributed by atoms with Gasteiger partial charge in [0.05, 0.1) is 10.6 Å². The molecule has 0 aromatic heterocycles. The van der Waals surface area contributed by atoms with E-state index in [1.54, 1.807) is 42.5 Å². The van der Waals surface area contributed by atoms with Crippen LogP contribution in [0.3, 0.4) is 0 Å². The minimum Gasteiger partial charge on any atom is -0.324 e. The summed E-state index contributed by atoms with van der Waals surface area (Å²) in [6, 6.07) is 19.5. The van der Waals surface area contributed by atoms with Crippen LogP contribution in [0.15, 0.2) is 71.6 Å². The highest BCUT2D eigenvalue weighted by molar-refractivity contribution is 7.92. The van der Waals surface area contributed by atoms with Gasteiger partial charge in [-0.2, -0.15) is 0 Å². The molecule has 0 atom stereocenters. The van der Waals surface area contributed by atoms with Crippen molar-refractivity contribution in [1.29, 1.82) is 0 Å². The van der Waals surface area contributed by atoms with E-state index >= 15 is 0 Å². The minimum atomic E-state index is -3.92. The molecule has 0 aliphatic heterocycles. The van der Waals surface area contributed by atoms with E-state index in [0.29, 0.717) is 11.4 Å². The van der Waals surface area contributed by atoms with Crippen molar-refractivity contribution >= 4 is 27.3 Å². The molecule has 0 saturated heterocycles. The predicted molar refractivity (Wildman–Crippen MR) is 121 cm³/mol. The zero-order valence-corrected chi connectivity index (χ0v) is 18.5. The largest absolute Gasteiger partial charge is 0.324 e. The molecule has 5 nitrogen and oxygen atoms in total. The van der Waals surface area contributed by atoms with E-state index in [1.165, 1.54) is 0 Å². The van der Waals surface area contributed by atoms with Gasteiger partial charge in [0.15, 0.2) is 0 Å². The van der Waals surface area contributed by atoms with Crippen molar-refractivity contribution in [3.8, 4) is 0 Å². The lowest BCUT2D eigenvalue weighted by Gasteiger charge is -2.24. The molecule has 0 aliphatic rings. The maximum Gasteiger partial charge on any atom is 0.264 e. The first kappa shape index (κ1) is 21.6. The number of hydrogen-bond donors (Lipinski definition) is 1. The second kappa shape index (κ2) is 8.71. The van der Waals surface area contributed by atoms with E-state index in [1.807, 2.05) is 52.0 Å². The Bertz CT molecular complexity index is 1150. The Kier molecular flexibility index (Phi) is 6.27. The smallest absolute Gasteiger partial charge is 0.264 e. The fourth-order valence-electron chi connectivity index (χ4n) is 3.31. The number of hydrogen-bond acceptors (Lipinski definition) is 3. The molecule has 3 aromatic rings. The molecule has 3 rings (SSSR count). The minimum absolute atomic E-state index is 0.147. The summed E-state index contributed by atoms with van der Waals surface area (Å²) in [7, 11) is -3.92. The summed E-state index contributed by atoms with van der Waals surface area (Å²) in [5.41, 5.74) is 5.01. The van der Waals surface area contributed by atoms with Gasteiger partial charge in [-0.3, -0.25) is 9.10 Å². The van der Waals surface area contributed by atoms with Gasteiger partial charge in [-0.05, 0) is 80.8 Å². The summed E-state index contributed by atoms with van der Waals surface area (Å²) < 4.78 is 28.0. The summed E-state index contributed by atoms with van der Waals surface area (Å²) in [5, 5.41) is 2.83. The molecule has 0 aliphatic carbocycles. The van der Waals surface area contributed by atoms with Crippen molar-refractivity contribution in [1.82, 2.24) is 0 Å². The van der Waals surface area contributed by atoms with E-state index < -0.39 is 15.9 Å². The lowest BCUT2D eigenvalue weighted by molar-refractivity contribution is -0.114. The van der Waals surface area contributed by atoms with Gasteiger partial charge < -0.3 is 5.32 Å². The van der Waals surface area contributed by atoms with E-state index in [2.05, 4.69) is 5.32 Å². The Balaban J connectivity index is 1.95. The monoisotopic (exact) mass is 422 g/mol. The van der Waals surface area contributed by atoms with Crippen molar-refractivity contribution in [3.05, 3.63) is 89.0 Å². The van der Waals surface area contributed by atoms with Gasteiger partial charge in [-0.15, -0.1) is 0 Å². The van der Waals surface area contributed by atoms with Crippen LogP contribution in [0.5, 0.6) is 0 Å². The Labute approximate surface area is 178 Å². The van der Waals surface area contributed by atoms with Crippen LogP contribution in [0, 0.1) is 27.7 Å². The van der Waals surface area contributed by atoms with Crippen molar-refractivity contribution in [2.45, 2.75) is 32.6 Å². The number of carbonyl (C=O) groups is 1. The number of anilines is 2. The maximum absolute atomic E-state index is 13.4. The maximum atomic E-state index is 13.4. The van der Waals surface area contributed by atoms with Gasteiger partial charge in [0.1, 0.15) is 6.54 Å². The summed E-state index contributed by atoms with van der Waals surface area (Å²) in [5.74, 6) is -0.405. The highest BCUT2D eigenvalue weighted by atomic mass is 32.2. The van der Waals surface area contributed by atoms with Crippen LogP contribution in [0.4, 0.5) is 11.4 Å². The van der Waals surface area contributed by atoms with Crippen molar-refractivity contribution in [3.63, 3.8) is 0 Å². The van der Waals surface area contributed by atoms with Gasteiger partial charge in [-0.25, -0.2) is 8.42 Å². The van der Waals surface area contributed by atoms with Gasteiger partial charge >= 0.3 is 0 Å². The Morgan fingerprint density at radius 2 is 1.43 bits per heavy atom. The number of nitrogens with zero attached hydrogens (tertiary/aromatic N) is 1. The number of aryl methyl sites for hydroxylation is 4. The molecule has 0 radical (unpaired) electrons.